The number of ether oxygens (including phenoxy) is 1. The largest absolute Gasteiger partial charge is 0.467 e. The highest BCUT2D eigenvalue weighted by Crippen LogP contribution is 2.31. The van der Waals surface area contributed by atoms with Crippen LogP contribution in [0.3, 0.4) is 0 Å². The highest BCUT2D eigenvalue weighted by molar-refractivity contribution is 7.16. The first-order valence-corrected chi connectivity index (χ1v) is 7.41. The van der Waals surface area contributed by atoms with Gasteiger partial charge in [-0.1, -0.05) is 18.5 Å². The highest BCUT2D eigenvalue weighted by Gasteiger charge is 2.19. The van der Waals surface area contributed by atoms with Crippen LogP contribution < -0.4 is 5.32 Å². The van der Waals surface area contributed by atoms with Gasteiger partial charge in [-0.25, -0.2) is 0 Å². The molecule has 2 unspecified atom stereocenters. The quantitative estimate of drug-likeness (QED) is 0.840. The molecule has 0 fully saturated rings. The Balaban J connectivity index is 2.07. The third kappa shape index (κ3) is 4.08. The van der Waals surface area contributed by atoms with E-state index >= 15 is 0 Å². The molecule has 2 atom stereocenters. The maximum atomic E-state index is 6.02. The Morgan fingerprint density at radius 2 is 2.26 bits per heavy atom. The number of halogens is 1. The van der Waals surface area contributed by atoms with Crippen LogP contribution in [-0.4, -0.2) is 20.3 Å². The van der Waals surface area contributed by atoms with Crippen LogP contribution in [0.4, 0.5) is 0 Å². The van der Waals surface area contributed by atoms with Crippen molar-refractivity contribution in [3.8, 4) is 0 Å². The third-order valence-electron chi connectivity index (χ3n) is 2.83. The van der Waals surface area contributed by atoms with E-state index in [0.29, 0.717) is 5.92 Å². The van der Waals surface area contributed by atoms with E-state index in [1.165, 1.54) is 0 Å². The molecule has 2 heterocycles. The molecule has 0 saturated heterocycles. The van der Waals surface area contributed by atoms with Gasteiger partial charge in [0.15, 0.2) is 0 Å². The molecule has 2 aromatic rings. The van der Waals surface area contributed by atoms with Crippen LogP contribution in [0.2, 0.25) is 4.34 Å². The Hall–Kier alpha value is -0.810. The zero-order valence-electron chi connectivity index (χ0n) is 11.1. The molecule has 0 spiro atoms. The van der Waals surface area contributed by atoms with Crippen molar-refractivity contribution < 1.29 is 9.15 Å². The first kappa shape index (κ1) is 14.6. The van der Waals surface area contributed by atoms with E-state index in [0.717, 1.165) is 28.1 Å². The molecule has 0 radical (unpaired) electrons. The van der Waals surface area contributed by atoms with Crippen LogP contribution in [0.5, 0.6) is 0 Å². The van der Waals surface area contributed by atoms with Crippen molar-refractivity contribution in [2.24, 2.45) is 5.92 Å². The fraction of sp³-hybridized carbons (Fsp3) is 0.429. The average molecular weight is 300 g/mol. The van der Waals surface area contributed by atoms with Gasteiger partial charge in [-0.15, -0.1) is 11.3 Å². The van der Waals surface area contributed by atoms with Gasteiger partial charge in [0.1, 0.15) is 11.8 Å². The number of rotatable bonds is 7. The first-order valence-electron chi connectivity index (χ1n) is 6.21. The standard InChI is InChI=1S/C14H18ClNO2S/c1-10(9-17-2)8-16-14(11-4-3-7-18-11)12-5-6-13(15)19-12/h3-7,10,14,16H,8-9H2,1-2H3. The maximum absolute atomic E-state index is 6.02. The minimum Gasteiger partial charge on any atom is -0.467 e. The summed E-state index contributed by atoms with van der Waals surface area (Å²) >= 11 is 7.59. The zero-order valence-corrected chi connectivity index (χ0v) is 12.6. The predicted octanol–water partition coefficient (Wildman–Crippen LogP) is 3.96. The van der Waals surface area contributed by atoms with Crippen LogP contribution in [0.1, 0.15) is 23.6 Å². The van der Waals surface area contributed by atoms with Gasteiger partial charge >= 0.3 is 0 Å². The number of thiophene rings is 1. The fourth-order valence-electron chi connectivity index (χ4n) is 1.94. The summed E-state index contributed by atoms with van der Waals surface area (Å²) < 4.78 is 11.5. The van der Waals surface area contributed by atoms with E-state index in [4.69, 9.17) is 20.8 Å². The van der Waals surface area contributed by atoms with Crippen molar-refractivity contribution in [1.82, 2.24) is 5.32 Å². The monoisotopic (exact) mass is 299 g/mol. The molecule has 0 aliphatic rings. The number of hydrogen-bond donors (Lipinski definition) is 1. The van der Waals surface area contributed by atoms with Crippen molar-refractivity contribution in [1.29, 1.82) is 0 Å². The number of furan rings is 1. The molecular weight excluding hydrogens is 282 g/mol. The number of hydrogen-bond acceptors (Lipinski definition) is 4. The van der Waals surface area contributed by atoms with E-state index in [1.54, 1.807) is 24.7 Å². The number of nitrogens with one attached hydrogen (secondary N) is 1. The van der Waals surface area contributed by atoms with Crippen LogP contribution in [0, 0.1) is 5.92 Å². The van der Waals surface area contributed by atoms with Gasteiger partial charge in [0.05, 0.1) is 10.6 Å². The molecule has 104 valence electrons. The summed E-state index contributed by atoms with van der Waals surface area (Å²) in [6, 6.07) is 7.88. The molecule has 0 aliphatic heterocycles. The first-order chi connectivity index (χ1) is 9.20. The Morgan fingerprint density at radius 3 is 2.84 bits per heavy atom. The van der Waals surface area contributed by atoms with Gasteiger partial charge in [0, 0.05) is 25.1 Å². The summed E-state index contributed by atoms with van der Waals surface area (Å²) in [5.41, 5.74) is 0. The lowest BCUT2D eigenvalue weighted by molar-refractivity contribution is 0.157. The fourth-order valence-corrected chi connectivity index (χ4v) is 3.09. The summed E-state index contributed by atoms with van der Waals surface area (Å²) in [7, 11) is 1.72. The molecule has 2 rings (SSSR count). The Labute approximate surface area is 122 Å². The molecule has 0 aliphatic carbocycles. The summed E-state index contributed by atoms with van der Waals surface area (Å²) in [4.78, 5) is 1.16. The summed E-state index contributed by atoms with van der Waals surface area (Å²) in [6.07, 6.45) is 1.69. The minimum atomic E-state index is 0.0480. The van der Waals surface area contributed by atoms with Crippen molar-refractivity contribution in [3.63, 3.8) is 0 Å². The second-order valence-corrected chi connectivity index (χ2v) is 6.31. The topological polar surface area (TPSA) is 34.4 Å². The zero-order chi connectivity index (χ0) is 13.7. The summed E-state index contributed by atoms with van der Waals surface area (Å²) in [5, 5.41) is 3.51. The molecule has 2 aromatic heterocycles. The van der Waals surface area contributed by atoms with Gasteiger partial charge < -0.3 is 14.5 Å². The van der Waals surface area contributed by atoms with E-state index in [1.807, 2.05) is 24.3 Å². The van der Waals surface area contributed by atoms with Crippen LogP contribution in [-0.2, 0) is 4.74 Å². The van der Waals surface area contributed by atoms with E-state index in [2.05, 4.69) is 12.2 Å². The summed E-state index contributed by atoms with van der Waals surface area (Å²) in [6.45, 7) is 3.74. The van der Waals surface area contributed by atoms with E-state index < -0.39 is 0 Å². The molecular formula is C14H18ClNO2S. The van der Waals surface area contributed by atoms with Crippen molar-refractivity contribution >= 4 is 22.9 Å². The van der Waals surface area contributed by atoms with Gasteiger partial charge in [-0.05, 0) is 30.2 Å². The molecule has 5 heteroatoms. The van der Waals surface area contributed by atoms with Gasteiger partial charge in [0.2, 0.25) is 0 Å². The molecule has 3 nitrogen and oxygen atoms in total. The SMILES string of the molecule is COCC(C)CNC(c1ccco1)c1ccc(Cl)s1. The lowest BCUT2D eigenvalue weighted by Crippen LogP contribution is -2.28. The van der Waals surface area contributed by atoms with Gasteiger partial charge in [-0.3, -0.25) is 0 Å². The van der Waals surface area contributed by atoms with Gasteiger partial charge in [-0.2, -0.15) is 0 Å². The Kier molecular flexibility index (Phi) is 5.45. The van der Waals surface area contributed by atoms with E-state index in [-0.39, 0.29) is 6.04 Å². The Bertz CT molecular complexity index is 483. The maximum Gasteiger partial charge on any atom is 0.126 e. The molecule has 0 aromatic carbocycles. The Morgan fingerprint density at radius 1 is 1.42 bits per heavy atom. The second kappa shape index (κ2) is 7.10. The summed E-state index contributed by atoms with van der Waals surface area (Å²) in [5.74, 6) is 1.35. The molecule has 1 N–H and O–H groups in total. The smallest absolute Gasteiger partial charge is 0.126 e. The molecule has 19 heavy (non-hydrogen) atoms. The lowest BCUT2D eigenvalue weighted by atomic mass is 10.1. The lowest BCUT2D eigenvalue weighted by Gasteiger charge is -2.18. The minimum absolute atomic E-state index is 0.0480. The normalized spacial score (nSPS) is 14.5. The van der Waals surface area contributed by atoms with E-state index in [9.17, 15) is 0 Å². The van der Waals surface area contributed by atoms with Crippen molar-refractivity contribution in [2.75, 3.05) is 20.3 Å². The highest BCUT2D eigenvalue weighted by atomic mass is 35.5. The van der Waals surface area contributed by atoms with Crippen LogP contribution in [0.25, 0.3) is 0 Å². The second-order valence-electron chi connectivity index (χ2n) is 4.56. The third-order valence-corrected chi connectivity index (χ3v) is 4.12. The molecule has 0 bridgehead atoms. The molecule has 0 amide bonds. The van der Waals surface area contributed by atoms with Gasteiger partial charge in [0.25, 0.3) is 0 Å². The number of methoxy groups -OCH3 is 1. The predicted molar refractivity (Wildman–Crippen MR) is 78.9 cm³/mol. The average Bonchev–Trinajstić information content (AvgIpc) is 3.02. The van der Waals surface area contributed by atoms with Crippen LogP contribution >= 0.6 is 22.9 Å². The molecule has 0 saturated carbocycles. The van der Waals surface area contributed by atoms with Crippen molar-refractivity contribution in [3.05, 3.63) is 45.5 Å². The van der Waals surface area contributed by atoms with Crippen molar-refractivity contribution in [2.45, 2.75) is 13.0 Å². The van der Waals surface area contributed by atoms with Crippen LogP contribution in [0.15, 0.2) is 34.9 Å².